The van der Waals surface area contributed by atoms with Gasteiger partial charge in [-0.15, -0.1) is 11.3 Å². The summed E-state index contributed by atoms with van der Waals surface area (Å²) in [6.45, 7) is 9.74. The highest BCUT2D eigenvalue weighted by Crippen LogP contribution is 2.22. The van der Waals surface area contributed by atoms with Crippen molar-refractivity contribution in [1.82, 2.24) is 14.8 Å². The van der Waals surface area contributed by atoms with E-state index in [1.807, 2.05) is 0 Å². The third-order valence-electron chi connectivity index (χ3n) is 3.79. The number of aromatic nitrogens is 1. The van der Waals surface area contributed by atoms with Crippen LogP contribution in [0.5, 0.6) is 0 Å². The van der Waals surface area contributed by atoms with Crippen LogP contribution in [-0.4, -0.2) is 60.0 Å². The number of amides is 1. The Bertz CT molecular complexity index is 474. The Morgan fingerprint density at radius 3 is 2.85 bits per heavy atom. The molecule has 1 aliphatic rings. The SMILES string of the molecule is CCc1nc(NC(=O)CN2CCN(C)C[C@@H]2C)sc1C. The zero-order chi connectivity index (χ0) is 14.7. The predicted octanol–water partition coefficient (Wildman–Crippen LogP) is 1.59. The fraction of sp³-hybridized carbons (Fsp3) is 0.714. The highest BCUT2D eigenvalue weighted by molar-refractivity contribution is 7.15. The molecule has 1 aliphatic heterocycles. The number of piperazine rings is 1. The van der Waals surface area contributed by atoms with Crippen LogP contribution < -0.4 is 5.32 Å². The highest BCUT2D eigenvalue weighted by atomic mass is 32.1. The summed E-state index contributed by atoms with van der Waals surface area (Å²) in [6.07, 6.45) is 0.910. The van der Waals surface area contributed by atoms with Crippen LogP contribution >= 0.6 is 11.3 Å². The van der Waals surface area contributed by atoms with E-state index in [9.17, 15) is 4.79 Å². The molecule has 0 unspecified atom stereocenters. The van der Waals surface area contributed by atoms with Gasteiger partial charge in [-0.2, -0.15) is 0 Å². The Balaban J connectivity index is 1.88. The zero-order valence-corrected chi connectivity index (χ0v) is 13.6. The van der Waals surface area contributed by atoms with E-state index in [0.717, 1.165) is 36.9 Å². The third-order valence-corrected chi connectivity index (χ3v) is 4.72. The lowest BCUT2D eigenvalue weighted by atomic mass is 10.2. The van der Waals surface area contributed by atoms with Gasteiger partial charge in [-0.05, 0) is 27.3 Å². The van der Waals surface area contributed by atoms with Crippen LogP contribution in [0.4, 0.5) is 5.13 Å². The molecule has 0 aliphatic carbocycles. The van der Waals surface area contributed by atoms with Crippen molar-refractivity contribution in [2.24, 2.45) is 0 Å². The fourth-order valence-corrected chi connectivity index (χ4v) is 3.48. The van der Waals surface area contributed by atoms with Gasteiger partial charge in [-0.3, -0.25) is 9.69 Å². The van der Waals surface area contributed by atoms with Gasteiger partial charge in [0.25, 0.3) is 0 Å². The Hall–Kier alpha value is -0.980. The van der Waals surface area contributed by atoms with Crippen molar-refractivity contribution >= 4 is 22.4 Å². The largest absolute Gasteiger partial charge is 0.304 e. The minimum Gasteiger partial charge on any atom is -0.304 e. The van der Waals surface area contributed by atoms with E-state index in [0.29, 0.717) is 12.6 Å². The number of carbonyl (C=O) groups is 1. The second-order valence-electron chi connectivity index (χ2n) is 5.51. The molecule has 1 aromatic heterocycles. The first-order chi connectivity index (χ1) is 9.49. The zero-order valence-electron chi connectivity index (χ0n) is 12.8. The van der Waals surface area contributed by atoms with E-state index >= 15 is 0 Å². The normalized spacial score (nSPS) is 21.1. The predicted molar refractivity (Wildman–Crippen MR) is 83.4 cm³/mol. The van der Waals surface area contributed by atoms with Crippen molar-refractivity contribution in [2.75, 3.05) is 38.5 Å². The number of hydrogen-bond donors (Lipinski definition) is 1. The van der Waals surface area contributed by atoms with Crippen molar-refractivity contribution < 1.29 is 4.79 Å². The molecule has 0 aromatic carbocycles. The summed E-state index contributed by atoms with van der Waals surface area (Å²) in [4.78, 5) is 22.3. The van der Waals surface area contributed by atoms with Crippen LogP contribution in [0.25, 0.3) is 0 Å². The molecule has 5 nitrogen and oxygen atoms in total. The van der Waals surface area contributed by atoms with E-state index in [-0.39, 0.29) is 5.91 Å². The second kappa shape index (κ2) is 6.65. The topological polar surface area (TPSA) is 48.5 Å². The Kier molecular flexibility index (Phi) is 5.12. The van der Waals surface area contributed by atoms with Crippen LogP contribution in [0.3, 0.4) is 0 Å². The number of likely N-dealkylation sites (N-methyl/N-ethyl adjacent to an activating group) is 1. The van der Waals surface area contributed by atoms with Gasteiger partial charge < -0.3 is 10.2 Å². The molecule has 112 valence electrons. The molecular formula is C14H24N4OS. The average molecular weight is 296 g/mol. The van der Waals surface area contributed by atoms with E-state index in [2.05, 4.69) is 47.9 Å². The lowest BCUT2D eigenvalue weighted by molar-refractivity contribution is -0.118. The number of rotatable bonds is 4. The molecule has 1 atom stereocenters. The first kappa shape index (κ1) is 15.4. The molecule has 6 heteroatoms. The molecule has 2 heterocycles. The summed E-state index contributed by atoms with van der Waals surface area (Å²) < 4.78 is 0. The third kappa shape index (κ3) is 3.77. The molecular weight excluding hydrogens is 272 g/mol. The van der Waals surface area contributed by atoms with Crippen molar-refractivity contribution in [3.8, 4) is 0 Å². The molecule has 0 radical (unpaired) electrons. The molecule has 1 saturated heterocycles. The van der Waals surface area contributed by atoms with Gasteiger partial charge in [-0.25, -0.2) is 4.98 Å². The second-order valence-corrected chi connectivity index (χ2v) is 6.71. The van der Waals surface area contributed by atoms with E-state index in [4.69, 9.17) is 0 Å². The van der Waals surface area contributed by atoms with Crippen LogP contribution in [0.1, 0.15) is 24.4 Å². The van der Waals surface area contributed by atoms with Gasteiger partial charge in [0.1, 0.15) is 0 Å². The molecule has 1 N–H and O–H groups in total. The average Bonchev–Trinajstić information content (AvgIpc) is 2.73. The Labute approximate surface area is 125 Å². The number of anilines is 1. The number of aryl methyl sites for hydroxylation is 2. The number of hydrogen-bond acceptors (Lipinski definition) is 5. The molecule has 0 spiro atoms. The minimum atomic E-state index is 0.0396. The van der Waals surface area contributed by atoms with Crippen molar-refractivity contribution in [3.05, 3.63) is 10.6 Å². The summed E-state index contributed by atoms with van der Waals surface area (Å²) in [6, 6.07) is 0.420. The summed E-state index contributed by atoms with van der Waals surface area (Å²) in [7, 11) is 2.12. The number of thiazole rings is 1. The van der Waals surface area contributed by atoms with Crippen molar-refractivity contribution in [3.63, 3.8) is 0 Å². The van der Waals surface area contributed by atoms with Gasteiger partial charge >= 0.3 is 0 Å². The maximum atomic E-state index is 12.1. The molecule has 1 aromatic rings. The Morgan fingerprint density at radius 1 is 1.50 bits per heavy atom. The Morgan fingerprint density at radius 2 is 2.25 bits per heavy atom. The van der Waals surface area contributed by atoms with Gasteiger partial charge in [0.2, 0.25) is 5.91 Å². The summed E-state index contributed by atoms with van der Waals surface area (Å²) >= 11 is 1.56. The summed E-state index contributed by atoms with van der Waals surface area (Å²) in [5.41, 5.74) is 1.08. The maximum absolute atomic E-state index is 12.1. The first-order valence-electron chi connectivity index (χ1n) is 7.18. The standard InChI is InChI=1S/C14H24N4OS/c1-5-12-11(3)20-14(15-12)16-13(19)9-18-7-6-17(4)8-10(18)2/h10H,5-9H2,1-4H3,(H,15,16,19)/t10-/m0/s1. The van der Waals surface area contributed by atoms with Gasteiger partial charge in [-0.1, -0.05) is 6.92 Å². The number of nitrogens with one attached hydrogen (secondary N) is 1. The molecule has 20 heavy (non-hydrogen) atoms. The number of nitrogens with zero attached hydrogens (tertiary/aromatic N) is 3. The van der Waals surface area contributed by atoms with E-state index in [1.165, 1.54) is 4.88 Å². The lowest BCUT2D eigenvalue weighted by Crippen LogP contribution is -2.52. The molecule has 2 rings (SSSR count). The van der Waals surface area contributed by atoms with E-state index in [1.54, 1.807) is 11.3 Å². The number of carbonyl (C=O) groups excluding carboxylic acids is 1. The molecule has 0 bridgehead atoms. The van der Waals surface area contributed by atoms with Crippen LogP contribution in [0, 0.1) is 6.92 Å². The van der Waals surface area contributed by atoms with Crippen LogP contribution in [0.15, 0.2) is 0 Å². The quantitative estimate of drug-likeness (QED) is 0.916. The summed E-state index contributed by atoms with van der Waals surface area (Å²) in [5.74, 6) is 0.0396. The van der Waals surface area contributed by atoms with E-state index < -0.39 is 0 Å². The smallest absolute Gasteiger partial charge is 0.240 e. The minimum absolute atomic E-state index is 0.0396. The van der Waals surface area contributed by atoms with Gasteiger partial charge in [0.15, 0.2) is 5.13 Å². The van der Waals surface area contributed by atoms with Gasteiger partial charge in [0.05, 0.1) is 12.2 Å². The van der Waals surface area contributed by atoms with Crippen molar-refractivity contribution in [2.45, 2.75) is 33.2 Å². The summed E-state index contributed by atoms with van der Waals surface area (Å²) in [5, 5.41) is 3.66. The molecule has 1 fully saturated rings. The molecule has 1 amide bonds. The maximum Gasteiger partial charge on any atom is 0.240 e. The molecule has 0 saturated carbocycles. The highest BCUT2D eigenvalue weighted by Gasteiger charge is 2.23. The van der Waals surface area contributed by atoms with Crippen molar-refractivity contribution in [1.29, 1.82) is 0 Å². The monoisotopic (exact) mass is 296 g/mol. The lowest BCUT2D eigenvalue weighted by Gasteiger charge is -2.37. The van der Waals surface area contributed by atoms with Crippen LogP contribution in [0.2, 0.25) is 0 Å². The van der Waals surface area contributed by atoms with Gasteiger partial charge in [0, 0.05) is 30.6 Å². The first-order valence-corrected chi connectivity index (χ1v) is 8.00. The fourth-order valence-electron chi connectivity index (χ4n) is 2.57. The van der Waals surface area contributed by atoms with Crippen LogP contribution in [-0.2, 0) is 11.2 Å².